The Kier molecular flexibility index (Phi) is 12.2. The maximum absolute atomic E-state index is 11.6. The first-order valence-electron chi connectivity index (χ1n) is 15.7. The highest BCUT2D eigenvalue weighted by molar-refractivity contribution is 7.95. The molecule has 1 aromatic heterocycles. The quantitative estimate of drug-likeness (QED) is 0.0532. The van der Waals surface area contributed by atoms with Crippen molar-refractivity contribution in [3.8, 4) is 0 Å². The zero-order valence-electron chi connectivity index (χ0n) is 27.2. The lowest BCUT2D eigenvalue weighted by atomic mass is 10.1. The number of nitro groups is 2. The number of benzene rings is 5. The molecule has 0 amide bonds. The molecule has 0 aliphatic heterocycles. The summed E-state index contributed by atoms with van der Waals surface area (Å²) in [5, 5.41) is 31.0. The van der Waals surface area contributed by atoms with E-state index >= 15 is 0 Å². The summed E-state index contributed by atoms with van der Waals surface area (Å²) >= 11 is 0. The van der Waals surface area contributed by atoms with Gasteiger partial charge in [-0.1, -0.05) is 97.1 Å². The predicted octanol–water partition coefficient (Wildman–Crippen LogP) is 5.68. The van der Waals surface area contributed by atoms with Crippen molar-refractivity contribution in [2.75, 3.05) is 5.43 Å². The van der Waals surface area contributed by atoms with E-state index < -0.39 is 22.8 Å². The van der Waals surface area contributed by atoms with Gasteiger partial charge in [-0.05, 0) is 66.7 Å². The Morgan fingerprint density at radius 1 is 0.686 bits per heavy atom. The Morgan fingerprint density at radius 3 is 1.76 bits per heavy atom. The molecule has 0 aliphatic rings. The number of halogens is 1. The second-order valence-electron chi connectivity index (χ2n) is 11.2. The van der Waals surface area contributed by atoms with Crippen molar-refractivity contribution in [1.82, 2.24) is 0 Å². The molecule has 6 aromatic rings. The number of allylic oxidation sites excluding steroid dienone is 3. The molecule has 0 saturated heterocycles. The summed E-state index contributed by atoms with van der Waals surface area (Å²) in [6.07, 6.45) is 7.97. The summed E-state index contributed by atoms with van der Waals surface area (Å²) in [5.41, 5.74) is 3.17. The second kappa shape index (κ2) is 17.1. The van der Waals surface area contributed by atoms with E-state index in [1.807, 2.05) is 72.8 Å². The van der Waals surface area contributed by atoms with E-state index in [1.54, 1.807) is 12.2 Å². The third-order valence-corrected chi connectivity index (χ3v) is 12.4. The van der Waals surface area contributed by atoms with Crippen LogP contribution in [0.1, 0.15) is 17.1 Å². The summed E-state index contributed by atoms with van der Waals surface area (Å²) in [5.74, 6) is 1.56. The molecule has 9 nitrogen and oxygen atoms in total. The Hall–Kier alpha value is -5.96. The number of hydrazone groups is 1. The third-order valence-electron chi connectivity index (χ3n) is 8.05. The van der Waals surface area contributed by atoms with Gasteiger partial charge in [0.05, 0.1) is 21.6 Å². The fourth-order valence-electron chi connectivity index (χ4n) is 5.68. The van der Waals surface area contributed by atoms with Crippen molar-refractivity contribution in [3.63, 3.8) is 0 Å². The van der Waals surface area contributed by atoms with Crippen LogP contribution in [0, 0.1) is 20.2 Å². The third kappa shape index (κ3) is 8.62. The van der Waals surface area contributed by atoms with E-state index in [0.717, 1.165) is 17.4 Å². The molecule has 0 spiro atoms. The molecule has 5 aromatic carbocycles. The smallest absolute Gasteiger partial charge is 0.301 e. The number of furan rings is 1. The van der Waals surface area contributed by atoms with E-state index in [0.29, 0.717) is 17.6 Å². The Balaban J connectivity index is 0.00000504. The van der Waals surface area contributed by atoms with Crippen molar-refractivity contribution in [2.24, 2.45) is 5.10 Å². The number of anilines is 1. The first-order valence-corrected chi connectivity index (χ1v) is 17.7. The molecule has 0 fully saturated rings. The maximum atomic E-state index is 11.6. The van der Waals surface area contributed by atoms with Gasteiger partial charge in [-0.3, -0.25) is 25.7 Å². The van der Waals surface area contributed by atoms with E-state index in [1.165, 1.54) is 28.0 Å². The molecule has 0 bridgehead atoms. The molecule has 1 N–H and O–H groups in total. The monoisotopic (exact) mass is 758 g/mol. The number of nitrogens with zero attached hydrogens (tertiary/aromatic N) is 3. The topological polar surface area (TPSA) is 124 Å². The zero-order valence-corrected chi connectivity index (χ0v) is 29.6. The first kappa shape index (κ1) is 36.3. The number of non-ortho nitro benzene ring substituents is 1. The summed E-state index contributed by atoms with van der Waals surface area (Å²) in [6.45, 7) is 0. The highest BCUT2D eigenvalue weighted by atomic mass is 79.9. The van der Waals surface area contributed by atoms with Crippen LogP contribution in [0.2, 0.25) is 0 Å². The van der Waals surface area contributed by atoms with Crippen LogP contribution in [0.4, 0.5) is 17.1 Å². The summed E-state index contributed by atoms with van der Waals surface area (Å²) in [7, 11) is -2.12. The van der Waals surface area contributed by atoms with Crippen molar-refractivity contribution >= 4 is 52.0 Å². The molecule has 51 heavy (non-hydrogen) atoms. The molecule has 0 radical (unpaired) electrons. The van der Waals surface area contributed by atoms with Crippen molar-refractivity contribution in [2.45, 2.75) is 6.16 Å². The Morgan fingerprint density at radius 2 is 1.24 bits per heavy atom. The molecule has 254 valence electrons. The minimum atomic E-state index is -2.12. The number of rotatable bonds is 13. The van der Waals surface area contributed by atoms with Crippen LogP contribution < -0.4 is 38.3 Å². The lowest BCUT2D eigenvalue weighted by Gasteiger charge is -2.26. The van der Waals surface area contributed by atoms with E-state index in [2.05, 4.69) is 83.3 Å². The minimum Gasteiger partial charge on any atom is -1.00 e. The minimum absolute atomic E-state index is 0. The summed E-state index contributed by atoms with van der Waals surface area (Å²) < 4.78 is 6.42. The van der Waals surface area contributed by atoms with Gasteiger partial charge in [0.1, 0.15) is 46.5 Å². The highest BCUT2D eigenvalue weighted by Crippen LogP contribution is 2.58. The molecule has 0 aliphatic carbocycles. The second-order valence-corrected chi connectivity index (χ2v) is 14.7. The largest absolute Gasteiger partial charge is 1.00 e. The fourth-order valence-corrected chi connectivity index (χ4v) is 9.80. The van der Waals surface area contributed by atoms with Gasteiger partial charge in [0.15, 0.2) is 0 Å². The summed E-state index contributed by atoms with van der Waals surface area (Å²) in [4.78, 5) is 21.4. The average molecular weight is 760 g/mol. The maximum Gasteiger partial charge on any atom is 0.301 e. The van der Waals surface area contributed by atoms with Crippen LogP contribution in [-0.4, -0.2) is 15.6 Å². The Labute approximate surface area is 306 Å². The normalized spacial score (nSPS) is 11.7. The van der Waals surface area contributed by atoms with Crippen LogP contribution in [0.5, 0.6) is 0 Å². The van der Waals surface area contributed by atoms with Crippen LogP contribution in [-0.2, 0) is 6.16 Å². The molecule has 0 unspecified atom stereocenters. The van der Waals surface area contributed by atoms with Crippen molar-refractivity contribution in [3.05, 3.63) is 207 Å². The van der Waals surface area contributed by atoms with Gasteiger partial charge in [0, 0.05) is 11.6 Å². The molecular formula is C40H32BrN4O5P. The molecule has 11 heteroatoms. The van der Waals surface area contributed by atoms with E-state index in [9.17, 15) is 20.2 Å². The summed E-state index contributed by atoms with van der Waals surface area (Å²) in [6, 6.07) is 48.6. The number of hydrogen-bond acceptors (Lipinski definition) is 7. The standard InChI is InChI=1S/C40H32N4O5P.BrH/c45-43(46)32-25-28-39(40(29-32)44(47)48)42-41-38(31-15-5-1-6-16-31)24-14-13-17-33-26-27-34(49-33)30-50(35-18-7-2-8-19-35,36-20-9-3-10-21-36)37-22-11-4-12-23-37;/h1-29,42H,30H2;1H/q+1;/p-1/b17-13-,24-14-,41-38-;. The predicted molar refractivity (Wildman–Crippen MR) is 202 cm³/mol. The van der Waals surface area contributed by atoms with Crippen molar-refractivity contribution < 1.29 is 31.2 Å². The van der Waals surface area contributed by atoms with E-state index in [4.69, 9.17) is 4.42 Å². The SMILES string of the molecule is O=[N+]([O-])c1ccc(N/N=C(/C=C\C=C/c2ccc(C[P+](c3ccccc3)(c3ccccc3)c3ccccc3)o2)c2ccccc2)c([N+](=O)[O-])c1.[Br-]. The zero-order chi connectivity index (χ0) is 34.8. The van der Waals surface area contributed by atoms with Gasteiger partial charge in [-0.25, -0.2) is 0 Å². The first-order chi connectivity index (χ1) is 24.4. The van der Waals surface area contributed by atoms with Gasteiger partial charge < -0.3 is 21.4 Å². The van der Waals surface area contributed by atoms with Gasteiger partial charge in [-0.2, -0.15) is 5.10 Å². The number of hydrogen-bond donors (Lipinski definition) is 1. The van der Waals surface area contributed by atoms with Gasteiger partial charge in [0.25, 0.3) is 5.69 Å². The van der Waals surface area contributed by atoms with E-state index in [-0.39, 0.29) is 28.4 Å². The van der Waals surface area contributed by atoms with Gasteiger partial charge >= 0.3 is 5.69 Å². The number of nitrogens with one attached hydrogen (secondary N) is 1. The van der Waals surface area contributed by atoms with Gasteiger partial charge in [0.2, 0.25) is 0 Å². The molecular weight excluding hydrogens is 727 g/mol. The lowest BCUT2D eigenvalue weighted by Crippen LogP contribution is -3.00. The highest BCUT2D eigenvalue weighted by Gasteiger charge is 2.46. The fraction of sp³-hybridized carbons (Fsp3) is 0.0250. The molecule has 6 rings (SSSR count). The van der Waals surface area contributed by atoms with Crippen LogP contribution in [0.3, 0.4) is 0 Å². The average Bonchev–Trinajstić information content (AvgIpc) is 3.61. The van der Waals surface area contributed by atoms with Gasteiger partial charge in [-0.15, -0.1) is 0 Å². The molecule has 1 heterocycles. The Bertz CT molecular complexity index is 2080. The molecule has 0 saturated carbocycles. The van der Waals surface area contributed by atoms with Crippen LogP contribution >= 0.6 is 7.26 Å². The van der Waals surface area contributed by atoms with Crippen molar-refractivity contribution in [1.29, 1.82) is 0 Å². The molecule has 0 atom stereocenters. The van der Waals surface area contributed by atoms with Crippen LogP contribution in [0.25, 0.3) is 6.08 Å². The number of nitro benzene ring substituents is 2. The lowest BCUT2D eigenvalue weighted by molar-refractivity contribution is -0.393. The van der Waals surface area contributed by atoms with Crippen LogP contribution in [0.15, 0.2) is 179 Å².